The zero-order valence-corrected chi connectivity index (χ0v) is 11.5. The Bertz CT molecular complexity index is 544. The van der Waals surface area contributed by atoms with Gasteiger partial charge in [-0.2, -0.15) is 18.2 Å². The van der Waals surface area contributed by atoms with Gasteiger partial charge in [0.25, 0.3) is 0 Å². The normalized spacial score (nSPS) is 18.6. The number of halogens is 3. The van der Waals surface area contributed by atoms with Gasteiger partial charge < -0.3 is 4.74 Å². The van der Waals surface area contributed by atoms with E-state index in [-0.39, 0.29) is 25.6 Å². The van der Waals surface area contributed by atoms with E-state index < -0.39 is 12.1 Å². The van der Waals surface area contributed by atoms with Crippen molar-refractivity contribution >= 4 is 16.7 Å². The summed E-state index contributed by atoms with van der Waals surface area (Å²) in [6.07, 6.45) is -1.04. The molecule has 8 heteroatoms. The summed E-state index contributed by atoms with van der Waals surface area (Å²) in [5.41, 5.74) is 0. The third-order valence-corrected chi connectivity index (χ3v) is 3.50. The van der Waals surface area contributed by atoms with E-state index in [0.29, 0.717) is 5.13 Å². The van der Waals surface area contributed by atoms with E-state index in [1.165, 1.54) is 11.0 Å². The summed E-state index contributed by atoms with van der Waals surface area (Å²) in [7, 11) is 0. The molecule has 1 aliphatic heterocycles. The second kappa shape index (κ2) is 6.13. The predicted molar refractivity (Wildman–Crippen MR) is 68.3 cm³/mol. The van der Waals surface area contributed by atoms with Crippen molar-refractivity contribution in [2.75, 3.05) is 18.1 Å². The fourth-order valence-electron chi connectivity index (χ4n) is 1.70. The highest BCUT2D eigenvalue weighted by Gasteiger charge is 2.42. The highest BCUT2D eigenvalue weighted by atomic mass is 32.1. The van der Waals surface area contributed by atoms with Crippen molar-refractivity contribution in [3.05, 3.63) is 12.3 Å². The number of hydrogen-bond acceptors (Lipinski definition) is 4. The first-order chi connectivity index (χ1) is 9.50. The van der Waals surface area contributed by atoms with Crippen molar-refractivity contribution in [3.63, 3.8) is 0 Å². The Balaban J connectivity index is 2.02. The van der Waals surface area contributed by atoms with Crippen molar-refractivity contribution in [2.24, 2.45) is 5.92 Å². The molecule has 20 heavy (non-hydrogen) atoms. The highest BCUT2D eigenvalue weighted by molar-refractivity contribution is 7.09. The topological polar surface area (TPSA) is 39.5 Å². The number of alkyl halides is 3. The fourth-order valence-corrected chi connectivity index (χ4v) is 2.34. The quantitative estimate of drug-likeness (QED) is 0.804. The van der Waals surface area contributed by atoms with Crippen molar-refractivity contribution in [1.29, 1.82) is 0 Å². The van der Waals surface area contributed by atoms with Gasteiger partial charge in [0.15, 0.2) is 6.61 Å². The number of ether oxygens (including phenoxy) is 1. The van der Waals surface area contributed by atoms with E-state index >= 15 is 0 Å². The van der Waals surface area contributed by atoms with Crippen molar-refractivity contribution < 1.29 is 22.9 Å². The number of nitrogens with one attached hydrogen (secondary N) is 1. The van der Waals surface area contributed by atoms with E-state index in [2.05, 4.69) is 21.2 Å². The summed E-state index contributed by atoms with van der Waals surface area (Å²) in [6, 6.07) is 0.260. The lowest BCUT2D eigenvalue weighted by atomic mass is 10.0. The van der Waals surface area contributed by atoms with E-state index in [1.54, 1.807) is 13.1 Å². The minimum absolute atomic E-state index is 0.00818. The standard InChI is InChI=1S/C12H12F3N3OS/c1-2-3-7-19-10-16-11(20-17-10)18-6-4-5-9(8-18)12(13,14)15/h4,6,9H,5,7-8H2,1H3/p+1. The Morgan fingerprint density at radius 1 is 1.60 bits per heavy atom. The van der Waals surface area contributed by atoms with Crippen LogP contribution in [0.1, 0.15) is 13.3 Å². The molecule has 0 saturated heterocycles. The van der Waals surface area contributed by atoms with Crippen molar-refractivity contribution in [2.45, 2.75) is 19.5 Å². The predicted octanol–water partition coefficient (Wildman–Crippen LogP) is 2.26. The SMILES string of the molecule is CC#CCOc1nsc(N2C=CCC(C(F)(F)F)C2)[nH+]1. The molecule has 4 nitrogen and oxygen atoms in total. The molecular weight excluding hydrogens is 291 g/mol. The van der Waals surface area contributed by atoms with Crippen LogP contribution in [0.15, 0.2) is 12.3 Å². The number of aromatic nitrogens is 2. The van der Waals surface area contributed by atoms with Crippen LogP contribution in [-0.2, 0) is 0 Å². The molecule has 1 aromatic rings. The van der Waals surface area contributed by atoms with Crippen LogP contribution in [0.25, 0.3) is 0 Å². The molecule has 1 unspecified atom stereocenters. The Kier molecular flexibility index (Phi) is 4.49. The lowest BCUT2D eigenvalue weighted by molar-refractivity contribution is -0.377. The minimum Gasteiger partial charge on any atom is -0.427 e. The molecule has 0 aromatic carbocycles. The molecule has 0 bridgehead atoms. The third kappa shape index (κ3) is 3.63. The van der Waals surface area contributed by atoms with E-state index in [9.17, 15) is 13.2 Å². The number of rotatable bonds is 3. The highest BCUT2D eigenvalue weighted by Crippen LogP contribution is 2.33. The zero-order valence-electron chi connectivity index (χ0n) is 10.7. The monoisotopic (exact) mass is 304 g/mol. The third-order valence-electron chi connectivity index (χ3n) is 2.73. The Hall–Kier alpha value is -1.75. The van der Waals surface area contributed by atoms with Crippen LogP contribution in [-0.4, -0.2) is 23.7 Å². The molecule has 1 N–H and O–H groups in total. The maximum atomic E-state index is 12.7. The maximum Gasteiger partial charge on any atom is 0.446 e. The van der Waals surface area contributed by atoms with Gasteiger partial charge in [-0.1, -0.05) is 12.0 Å². The zero-order chi connectivity index (χ0) is 14.6. The summed E-state index contributed by atoms with van der Waals surface area (Å²) >= 11 is 1.06. The minimum atomic E-state index is -4.19. The Morgan fingerprint density at radius 3 is 3.10 bits per heavy atom. The van der Waals surface area contributed by atoms with Crippen LogP contribution < -0.4 is 14.6 Å². The maximum absolute atomic E-state index is 12.7. The number of allylic oxidation sites excluding steroid dienone is 1. The first-order valence-electron chi connectivity index (χ1n) is 5.92. The molecule has 0 fully saturated rings. The second-order valence-corrected chi connectivity index (χ2v) is 4.90. The number of hydrogen-bond donors (Lipinski definition) is 0. The smallest absolute Gasteiger partial charge is 0.427 e. The molecule has 1 atom stereocenters. The molecule has 2 rings (SSSR count). The van der Waals surface area contributed by atoms with Gasteiger partial charge in [-0.25, -0.2) is 0 Å². The summed E-state index contributed by atoms with van der Waals surface area (Å²) < 4.78 is 47.4. The van der Waals surface area contributed by atoms with E-state index in [0.717, 1.165) is 11.5 Å². The van der Waals surface area contributed by atoms with Crippen molar-refractivity contribution in [3.8, 4) is 17.9 Å². The largest absolute Gasteiger partial charge is 0.446 e. The van der Waals surface area contributed by atoms with Gasteiger partial charge in [0.1, 0.15) is 11.5 Å². The summed E-state index contributed by atoms with van der Waals surface area (Å²) in [4.78, 5) is 4.34. The average Bonchev–Trinajstić information content (AvgIpc) is 2.87. The number of aromatic amines is 1. The Morgan fingerprint density at radius 2 is 2.40 bits per heavy atom. The van der Waals surface area contributed by atoms with Crippen LogP contribution in [0.5, 0.6) is 6.01 Å². The number of anilines is 1. The van der Waals surface area contributed by atoms with Gasteiger partial charge in [-0.05, 0) is 13.3 Å². The van der Waals surface area contributed by atoms with Crippen molar-refractivity contribution in [1.82, 2.24) is 4.37 Å². The number of nitrogens with zero attached hydrogens (tertiary/aromatic N) is 2. The van der Waals surface area contributed by atoms with E-state index in [4.69, 9.17) is 4.74 Å². The molecule has 108 valence electrons. The molecule has 0 saturated carbocycles. The molecular formula is C12H13F3N3OS+. The van der Waals surface area contributed by atoms with E-state index in [1.807, 2.05) is 0 Å². The Labute approximate surface area is 118 Å². The van der Waals surface area contributed by atoms with Crippen LogP contribution in [0.3, 0.4) is 0 Å². The summed E-state index contributed by atoms with van der Waals surface area (Å²) in [6.45, 7) is 1.76. The summed E-state index contributed by atoms with van der Waals surface area (Å²) in [5, 5.41) is 0.509. The molecule has 1 aliphatic rings. The first-order valence-corrected chi connectivity index (χ1v) is 6.69. The lowest BCUT2D eigenvalue weighted by Crippen LogP contribution is -2.37. The number of H-pyrrole nitrogens is 1. The van der Waals surface area contributed by atoms with Crippen LogP contribution >= 0.6 is 11.5 Å². The first kappa shape index (κ1) is 14.7. The molecule has 0 aliphatic carbocycles. The molecule has 0 amide bonds. The van der Waals surface area contributed by atoms with Gasteiger partial charge in [0, 0.05) is 4.37 Å². The fraction of sp³-hybridized carbons (Fsp3) is 0.500. The second-order valence-electron chi connectivity index (χ2n) is 4.14. The molecule has 0 radical (unpaired) electrons. The van der Waals surface area contributed by atoms with Gasteiger partial charge in [-0.3, -0.25) is 4.90 Å². The molecule has 2 heterocycles. The average molecular weight is 304 g/mol. The van der Waals surface area contributed by atoms with Crippen LogP contribution in [0, 0.1) is 17.8 Å². The van der Waals surface area contributed by atoms with Gasteiger partial charge in [0.05, 0.1) is 18.7 Å². The van der Waals surface area contributed by atoms with Crippen LogP contribution in [0.2, 0.25) is 0 Å². The van der Waals surface area contributed by atoms with Gasteiger partial charge >= 0.3 is 17.3 Å². The van der Waals surface area contributed by atoms with Crippen LogP contribution in [0.4, 0.5) is 18.3 Å². The molecule has 0 spiro atoms. The summed E-state index contributed by atoms with van der Waals surface area (Å²) in [5.74, 6) is 4.02. The molecule has 1 aromatic heterocycles. The lowest BCUT2D eigenvalue weighted by Gasteiger charge is -2.25. The van der Waals surface area contributed by atoms with Gasteiger partial charge in [0.2, 0.25) is 0 Å². The van der Waals surface area contributed by atoms with Gasteiger partial charge in [-0.15, -0.1) is 5.92 Å².